The van der Waals surface area contributed by atoms with E-state index in [0.717, 1.165) is 6.07 Å². The quantitative estimate of drug-likeness (QED) is 0.580. The molecular weight excluding hydrogens is 135 g/mol. The fourth-order valence-electron chi connectivity index (χ4n) is 0.218. The minimum Gasteiger partial charge on any atom is -0.395 e. The van der Waals surface area contributed by atoms with Crippen LogP contribution in [0.2, 0.25) is 0 Å². The number of nitrogens with zero attached hydrogens (tertiary/aromatic N) is 1. The Balaban J connectivity index is 4.00. The summed E-state index contributed by atoms with van der Waals surface area (Å²) >= 11 is 0. The van der Waals surface area contributed by atoms with E-state index in [1.807, 2.05) is 0 Å². The normalized spacial score (nSPS) is 14.6. The molecule has 0 aliphatic rings. The Morgan fingerprint density at radius 3 is 2.00 bits per heavy atom. The third kappa shape index (κ3) is 2.33. The van der Waals surface area contributed by atoms with Gasteiger partial charge in [0.15, 0.2) is 5.92 Å². The van der Waals surface area contributed by atoms with E-state index >= 15 is 0 Å². The molecule has 0 spiro atoms. The van der Waals surface area contributed by atoms with Crippen molar-refractivity contribution in [2.75, 3.05) is 6.61 Å². The third-order valence-corrected chi connectivity index (χ3v) is 0.734. The van der Waals surface area contributed by atoms with Crippen LogP contribution in [-0.4, -0.2) is 17.9 Å². The second-order valence-electron chi connectivity index (χ2n) is 1.41. The van der Waals surface area contributed by atoms with E-state index in [-0.39, 0.29) is 0 Å². The fourth-order valence-corrected chi connectivity index (χ4v) is 0.218. The van der Waals surface area contributed by atoms with Crippen LogP contribution in [0.25, 0.3) is 0 Å². The number of aliphatic hydroxyl groups excluding tert-OH is 1. The number of halogens is 3. The van der Waals surface area contributed by atoms with Crippen LogP contribution in [0.3, 0.4) is 0 Å². The molecule has 0 rings (SSSR count). The minimum atomic E-state index is -4.59. The first-order valence-electron chi connectivity index (χ1n) is 2.09. The summed E-state index contributed by atoms with van der Waals surface area (Å²) in [6, 6.07) is 0.917. The molecule has 0 amide bonds. The summed E-state index contributed by atoms with van der Waals surface area (Å²) in [4.78, 5) is 0. The summed E-state index contributed by atoms with van der Waals surface area (Å²) in [5.41, 5.74) is 0. The lowest BCUT2D eigenvalue weighted by atomic mass is 10.2. The van der Waals surface area contributed by atoms with Gasteiger partial charge in [-0.15, -0.1) is 0 Å². The minimum absolute atomic E-state index is 0.917. The lowest BCUT2D eigenvalue weighted by Gasteiger charge is -2.08. The largest absolute Gasteiger partial charge is 0.406 e. The zero-order valence-corrected chi connectivity index (χ0v) is 4.31. The van der Waals surface area contributed by atoms with Crippen molar-refractivity contribution in [2.45, 2.75) is 6.18 Å². The smallest absolute Gasteiger partial charge is 0.395 e. The van der Waals surface area contributed by atoms with Gasteiger partial charge in [-0.3, -0.25) is 0 Å². The van der Waals surface area contributed by atoms with Gasteiger partial charge in [-0.2, -0.15) is 18.4 Å². The molecule has 0 aromatic heterocycles. The zero-order chi connectivity index (χ0) is 7.49. The summed E-state index contributed by atoms with van der Waals surface area (Å²) < 4.78 is 34.0. The molecule has 0 saturated carbocycles. The van der Waals surface area contributed by atoms with Crippen molar-refractivity contribution in [3.05, 3.63) is 0 Å². The van der Waals surface area contributed by atoms with Gasteiger partial charge in [-0.1, -0.05) is 0 Å². The molecule has 0 heterocycles. The molecule has 0 bridgehead atoms. The maximum atomic E-state index is 11.3. The van der Waals surface area contributed by atoms with E-state index in [2.05, 4.69) is 0 Å². The van der Waals surface area contributed by atoms with Crippen LogP contribution in [0.15, 0.2) is 0 Å². The van der Waals surface area contributed by atoms with E-state index in [4.69, 9.17) is 10.4 Å². The Bertz CT molecular complexity index is 125. The first-order valence-corrected chi connectivity index (χ1v) is 2.09. The van der Waals surface area contributed by atoms with Crippen molar-refractivity contribution in [2.24, 2.45) is 5.92 Å². The second kappa shape index (κ2) is 2.69. The Labute approximate surface area is 49.5 Å². The van der Waals surface area contributed by atoms with Crippen LogP contribution in [0.1, 0.15) is 0 Å². The van der Waals surface area contributed by atoms with E-state index in [1.165, 1.54) is 0 Å². The number of nitriles is 1. The molecule has 9 heavy (non-hydrogen) atoms. The van der Waals surface area contributed by atoms with Crippen molar-refractivity contribution in [3.8, 4) is 6.07 Å². The Hall–Kier alpha value is -0.760. The molecule has 0 fully saturated rings. The average molecular weight is 139 g/mol. The molecule has 1 unspecified atom stereocenters. The predicted octanol–water partition coefficient (Wildman–Crippen LogP) is 0.681. The van der Waals surface area contributed by atoms with E-state index in [9.17, 15) is 13.2 Å². The molecular formula is C4H4F3NO. The first kappa shape index (κ1) is 8.24. The molecule has 2 nitrogen and oxygen atoms in total. The SMILES string of the molecule is N#CC(CO)C(F)(F)F. The molecule has 0 aromatic rings. The van der Waals surface area contributed by atoms with Gasteiger partial charge < -0.3 is 5.11 Å². The van der Waals surface area contributed by atoms with Gasteiger partial charge in [0.05, 0.1) is 12.7 Å². The van der Waals surface area contributed by atoms with Crippen LogP contribution in [0.5, 0.6) is 0 Å². The Morgan fingerprint density at radius 2 is 2.00 bits per heavy atom. The van der Waals surface area contributed by atoms with Crippen molar-refractivity contribution in [3.63, 3.8) is 0 Å². The number of rotatable bonds is 1. The molecule has 0 radical (unpaired) electrons. The Morgan fingerprint density at radius 1 is 1.56 bits per heavy atom. The summed E-state index contributed by atoms with van der Waals surface area (Å²) in [5, 5.41) is 15.7. The predicted molar refractivity (Wildman–Crippen MR) is 22.2 cm³/mol. The van der Waals surface area contributed by atoms with Gasteiger partial charge >= 0.3 is 6.18 Å². The average Bonchev–Trinajstić information content (AvgIpc) is 1.65. The molecule has 0 saturated heterocycles. The summed E-state index contributed by atoms with van der Waals surface area (Å²) in [7, 11) is 0. The highest BCUT2D eigenvalue weighted by Crippen LogP contribution is 2.24. The first-order chi connectivity index (χ1) is 4.02. The van der Waals surface area contributed by atoms with E-state index in [0.29, 0.717) is 0 Å². The van der Waals surface area contributed by atoms with Crippen LogP contribution >= 0.6 is 0 Å². The topological polar surface area (TPSA) is 44.0 Å². The lowest BCUT2D eigenvalue weighted by molar-refractivity contribution is -0.167. The third-order valence-electron chi connectivity index (χ3n) is 0.734. The van der Waals surface area contributed by atoms with Gasteiger partial charge in [0, 0.05) is 0 Å². The fraction of sp³-hybridized carbons (Fsp3) is 0.750. The molecule has 0 aliphatic carbocycles. The van der Waals surface area contributed by atoms with Crippen molar-refractivity contribution < 1.29 is 18.3 Å². The highest BCUT2D eigenvalue weighted by atomic mass is 19.4. The van der Waals surface area contributed by atoms with Crippen LogP contribution < -0.4 is 0 Å². The molecule has 0 aliphatic heterocycles. The van der Waals surface area contributed by atoms with E-state index < -0.39 is 18.7 Å². The molecule has 52 valence electrons. The maximum Gasteiger partial charge on any atom is 0.406 e. The maximum absolute atomic E-state index is 11.3. The van der Waals surface area contributed by atoms with Gasteiger partial charge in [-0.05, 0) is 0 Å². The number of hydrogen-bond acceptors (Lipinski definition) is 2. The lowest BCUT2D eigenvalue weighted by Crippen LogP contribution is -2.24. The number of hydrogen-bond donors (Lipinski definition) is 1. The number of alkyl halides is 3. The van der Waals surface area contributed by atoms with Crippen LogP contribution in [0.4, 0.5) is 13.2 Å². The van der Waals surface area contributed by atoms with Gasteiger partial charge in [0.2, 0.25) is 0 Å². The van der Waals surface area contributed by atoms with Gasteiger partial charge in [-0.25, -0.2) is 0 Å². The molecule has 5 heteroatoms. The van der Waals surface area contributed by atoms with Gasteiger partial charge in [0.25, 0.3) is 0 Å². The number of aliphatic hydroxyl groups is 1. The summed E-state index contributed by atoms with van der Waals surface area (Å²) in [5.74, 6) is -2.24. The molecule has 1 atom stereocenters. The zero-order valence-electron chi connectivity index (χ0n) is 4.31. The second-order valence-corrected chi connectivity index (χ2v) is 1.41. The highest BCUT2D eigenvalue weighted by Gasteiger charge is 2.39. The summed E-state index contributed by atoms with van der Waals surface area (Å²) in [6.07, 6.45) is -4.59. The van der Waals surface area contributed by atoms with Crippen molar-refractivity contribution >= 4 is 0 Å². The summed E-state index contributed by atoms with van der Waals surface area (Å²) in [6.45, 7) is -1.17. The van der Waals surface area contributed by atoms with E-state index in [1.54, 1.807) is 0 Å². The van der Waals surface area contributed by atoms with Crippen molar-refractivity contribution in [1.29, 1.82) is 5.26 Å². The molecule has 0 aromatic carbocycles. The standard InChI is InChI=1S/C4H4F3NO/c5-4(6,7)3(1-8)2-9/h3,9H,2H2. The van der Waals surface area contributed by atoms with Crippen LogP contribution in [-0.2, 0) is 0 Å². The molecule has 1 N–H and O–H groups in total. The monoisotopic (exact) mass is 139 g/mol. The Kier molecular flexibility index (Phi) is 2.46. The highest BCUT2D eigenvalue weighted by molar-refractivity contribution is 4.87. The van der Waals surface area contributed by atoms with Crippen molar-refractivity contribution in [1.82, 2.24) is 0 Å². The van der Waals surface area contributed by atoms with Crippen LogP contribution in [0, 0.1) is 17.2 Å². The van der Waals surface area contributed by atoms with Gasteiger partial charge in [0.1, 0.15) is 0 Å².